The standard InChI is InChI=1S/C13H21NO3/c1-13(2,3)17-12(15)8-10(9-14)7-11-5-4-6-16-11/h4-6,10H,7-9,14H2,1-3H3/t10-/m1/s1. The molecule has 1 aromatic heterocycles. The van der Waals surface area contributed by atoms with Crippen molar-refractivity contribution in [3.8, 4) is 0 Å². The highest BCUT2D eigenvalue weighted by Crippen LogP contribution is 2.15. The van der Waals surface area contributed by atoms with E-state index in [4.69, 9.17) is 14.9 Å². The van der Waals surface area contributed by atoms with Crippen molar-refractivity contribution in [2.75, 3.05) is 6.54 Å². The number of esters is 1. The Labute approximate surface area is 102 Å². The van der Waals surface area contributed by atoms with Crippen LogP contribution in [-0.4, -0.2) is 18.1 Å². The molecule has 0 aromatic carbocycles. The third-order valence-electron chi connectivity index (χ3n) is 2.28. The molecule has 17 heavy (non-hydrogen) atoms. The molecule has 0 saturated heterocycles. The number of carbonyl (C=O) groups is 1. The number of hydrogen-bond acceptors (Lipinski definition) is 4. The molecular formula is C13H21NO3. The first-order valence-corrected chi connectivity index (χ1v) is 5.85. The van der Waals surface area contributed by atoms with Crippen molar-refractivity contribution in [2.24, 2.45) is 11.7 Å². The van der Waals surface area contributed by atoms with Crippen LogP contribution in [0.2, 0.25) is 0 Å². The van der Waals surface area contributed by atoms with Gasteiger partial charge in [0.2, 0.25) is 0 Å². The van der Waals surface area contributed by atoms with Crippen LogP contribution in [0.3, 0.4) is 0 Å². The Bertz CT molecular complexity index is 338. The van der Waals surface area contributed by atoms with Crippen LogP contribution >= 0.6 is 0 Å². The van der Waals surface area contributed by atoms with E-state index in [9.17, 15) is 4.79 Å². The number of hydrogen-bond donors (Lipinski definition) is 1. The van der Waals surface area contributed by atoms with E-state index in [0.29, 0.717) is 19.4 Å². The zero-order valence-electron chi connectivity index (χ0n) is 10.7. The molecule has 0 unspecified atom stereocenters. The summed E-state index contributed by atoms with van der Waals surface area (Å²) in [6, 6.07) is 3.72. The quantitative estimate of drug-likeness (QED) is 0.799. The second-order valence-electron chi connectivity index (χ2n) is 5.18. The first kappa shape index (κ1) is 13.8. The third-order valence-corrected chi connectivity index (χ3v) is 2.28. The zero-order chi connectivity index (χ0) is 12.9. The zero-order valence-corrected chi connectivity index (χ0v) is 10.7. The maximum absolute atomic E-state index is 11.6. The maximum Gasteiger partial charge on any atom is 0.306 e. The fraction of sp³-hybridized carbons (Fsp3) is 0.615. The van der Waals surface area contributed by atoms with E-state index in [2.05, 4.69) is 0 Å². The predicted molar refractivity (Wildman–Crippen MR) is 65.4 cm³/mol. The van der Waals surface area contributed by atoms with E-state index in [1.165, 1.54) is 0 Å². The second-order valence-corrected chi connectivity index (χ2v) is 5.18. The lowest BCUT2D eigenvalue weighted by Crippen LogP contribution is -2.27. The number of ether oxygens (including phenoxy) is 1. The van der Waals surface area contributed by atoms with Gasteiger partial charge in [0.15, 0.2) is 0 Å². The third kappa shape index (κ3) is 5.54. The second kappa shape index (κ2) is 5.87. The highest BCUT2D eigenvalue weighted by Gasteiger charge is 2.20. The van der Waals surface area contributed by atoms with E-state index in [1.807, 2.05) is 32.9 Å². The van der Waals surface area contributed by atoms with Crippen LogP contribution in [0.15, 0.2) is 22.8 Å². The minimum atomic E-state index is -0.444. The smallest absolute Gasteiger partial charge is 0.306 e. The molecule has 4 heteroatoms. The summed E-state index contributed by atoms with van der Waals surface area (Å²) in [5.74, 6) is 0.708. The molecule has 2 N–H and O–H groups in total. The number of nitrogens with two attached hydrogens (primary N) is 1. The fourth-order valence-corrected chi connectivity index (χ4v) is 1.57. The molecule has 0 fully saturated rings. The first-order chi connectivity index (χ1) is 7.90. The lowest BCUT2D eigenvalue weighted by atomic mass is 10.00. The van der Waals surface area contributed by atoms with E-state index >= 15 is 0 Å². The van der Waals surface area contributed by atoms with Crippen LogP contribution in [0.5, 0.6) is 0 Å². The van der Waals surface area contributed by atoms with Gasteiger partial charge in [0.05, 0.1) is 6.26 Å². The van der Waals surface area contributed by atoms with Crippen LogP contribution in [0.1, 0.15) is 33.0 Å². The van der Waals surface area contributed by atoms with Gasteiger partial charge in [-0.15, -0.1) is 0 Å². The molecular weight excluding hydrogens is 218 g/mol. The van der Waals surface area contributed by atoms with E-state index in [1.54, 1.807) is 6.26 Å². The fourth-order valence-electron chi connectivity index (χ4n) is 1.57. The molecule has 0 saturated carbocycles. The molecule has 1 heterocycles. The van der Waals surface area contributed by atoms with Crippen molar-refractivity contribution in [2.45, 2.75) is 39.2 Å². The van der Waals surface area contributed by atoms with Crippen LogP contribution in [-0.2, 0) is 16.0 Å². The monoisotopic (exact) mass is 239 g/mol. The van der Waals surface area contributed by atoms with Gasteiger partial charge in [-0.05, 0) is 45.4 Å². The minimum Gasteiger partial charge on any atom is -0.469 e. The Kier molecular flexibility index (Phi) is 4.75. The summed E-state index contributed by atoms with van der Waals surface area (Å²) in [6.07, 6.45) is 2.62. The summed E-state index contributed by atoms with van der Waals surface area (Å²) in [4.78, 5) is 11.6. The van der Waals surface area contributed by atoms with Gasteiger partial charge < -0.3 is 14.9 Å². The average Bonchev–Trinajstić information content (AvgIpc) is 2.66. The van der Waals surface area contributed by atoms with Gasteiger partial charge in [0.1, 0.15) is 11.4 Å². The summed E-state index contributed by atoms with van der Waals surface area (Å²) in [6.45, 7) is 6.01. The Morgan fingerprint density at radius 1 is 1.53 bits per heavy atom. The highest BCUT2D eigenvalue weighted by atomic mass is 16.6. The minimum absolute atomic E-state index is 0.0657. The molecule has 4 nitrogen and oxygen atoms in total. The Morgan fingerprint density at radius 2 is 2.24 bits per heavy atom. The summed E-state index contributed by atoms with van der Waals surface area (Å²) in [5, 5.41) is 0. The van der Waals surface area contributed by atoms with Gasteiger partial charge >= 0.3 is 5.97 Å². The van der Waals surface area contributed by atoms with E-state index < -0.39 is 5.60 Å². The molecule has 0 aliphatic carbocycles. The van der Waals surface area contributed by atoms with Crippen molar-refractivity contribution in [1.29, 1.82) is 0 Å². The van der Waals surface area contributed by atoms with Crippen LogP contribution in [0.25, 0.3) is 0 Å². The van der Waals surface area contributed by atoms with Crippen LogP contribution in [0, 0.1) is 5.92 Å². The Balaban J connectivity index is 2.44. The topological polar surface area (TPSA) is 65.5 Å². The normalized spacial score (nSPS) is 13.4. The molecule has 1 rings (SSSR count). The average molecular weight is 239 g/mol. The van der Waals surface area contributed by atoms with Gasteiger partial charge in [-0.1, -0.05) is 0 Å². The molecule has 0 bridgehead atoms. The lowest BCUT2D eigenvalue weighted by Gasteiger charge is -2.21. The van der Waals surface area contributed by atoms with Crippen LogP contribution < -0.4 is 5.73 Å². The molecule has 0 aliphatic rings. The van der Waals surface area contributed by atoms with Gasteiger partial charge in [-0.25, -0.2) is 0 Å². The van der Waals surface area contributed by atoms with Crippen LogP contribution in [0.4, 0.5) is 0 Å². The van der Waals surface area contributed by atoms with Gasteiger partial charge in [0, 0.05) is 12.8 Å². The number of furan rings is 1. The molecule has 1 aromatic rings. The summed E-state index contributed by atoms with van der Waals surface area (Å²) < 4.78 is 10.5. The van der Waals surface area contributed by atoms with Gasteiger partial charge in [-0.3, -0.25) is 4.79 Å². The number of rotatable bonds is 5. The molecule has 0 spiro atoms. The molecule has 96 valence electrons. The van der Waals surface area contributed by atoms with Crippen molar-refractivity contribution in [3.63, 3.8) is 0 Å². The largest absolute Gasteiger partial charge is 0.469 e. The lowest BCUT2D eigenvalue weighted by molar-refractivity contribution is -0.155. The molecule has 1 atom stereocenters. The molecule has 0 amide bonds. The predicted octanol–water partition coefficient (Wildman–Crippen LogP) is 2.13. The SMILES string of the molecule is CC(C)(C)OC(=O)C[C@H](CN)Cc1ccco1. The van der Waals surface area contributed by atoms with Crippen molar-refractivity contribution in [3.05, 3.63) is 24.2 Å². The van der Waals surface area contributed by atoms with E-state index in [0.717, 1.165) is 5.76 Å². The van der Waals surface area contributed by atoms with E-state index in [-0.39, 0.29) is 11.9 Å². The van der Waals surface area contributed by atoms with Gasteiger partial charge in [-0.2, -0.15) is 0 Å². The first-order valence-electron chi connectivity index (χ1n) is 5.85. The molecule has 0 aliphatic heterocycles. The Morgan fingerprint density at radius 3 is 2.71 bits per heavy atom. The van der Waals surface area contributed by atoms with Crippen molar-refractivity contribution in [1.82, 2.24) is 0 Å². The number of carbonyl (C=O) groups excluding carboxylic acids is 1. The highest BCUT2D eigenvalue weighted by molar-refractivity contribution is 5.70. The molecule has 0 radical (unpaired) electrons. The van der Waals surface area contributed by atoms with Crippen molar-refractivity contribution < 1.29 is 13.9 Å². The summed E-state index contributed by atoms with van der Waals surface area (Å²) in [5.41, 5.74) is 5.21. The van der Waals surface area contributed by atoms with Crippen molar-refractivity contribution >= 4 is 5.97 Å². The summed E-state index contributed by atoms with van der Waals surface area (Å²) in [7, 11) is 0. The maximum atomic E-state index is 11.6. The van der Waals surface area contributed by atoms with Gasteiger partial charge in [0.25, 0.3) is 0 Å². The Hall–Kier alpha value is -1.29. The summed E-state index contributed by atoms with van der Waals surface area (Å²) >= 11 is 0.